The zero-order chi connectivity index (χ0) is 15.7. The summed E-state index contributed by atoms with van der Waals surface area (Å²) in [6, 6.07) is 12.0. The van der Waals surface area contributed by atoms with Crippen molar-refractivity contribution in [3.05, 3.63) is 41.4 Å². The van der Waals surface area contributed by atoms with Crippen molar-refractivity contribution in [1.82, 2.24) is 4.90 Å². The molecule has 1 N–H and O–H groups in total. The molecule has 1 heterocycles. The van der Waals surface area contributed by atoms with E-state index in [1.165, 1.54) is 10.6 Å². The third-order valence-corrected chi connectivity index (χ3v) is 5.10. The molecule has 3 nitrogen and oxygen atoms in total. The van der Waals surface area contributed by atoms with Gasteiger partial charge in [-0.2, -0.15) is 0 Å². The molecular weight excluding hydrogens is 351 g/mol. The fourth-order valence-electron chi connectivity index (χ4n) is 2.63. The van der Waals surface area contributed by atoms with Crippen LogP contribution in [-0.2, 0) is 0 Å². The van der Waals surface area contributed by atoms with E-state index in [1.807, 2.05) is 12.1 Å². The van der Waals surface area contributed by atoms with Crippen LogP contribution >= 0.6 is 35.8 Å². The molecule has 0 bridgehead atoms. The Morgan fingerprint density at radius 2 is 1.87 bits per heavy atom. The average Bonchev–Trinajstić information content (AvgIpc) is 2.48. The molecule has 23 heavy (non-hydrogen) atoms. The maximum Gasteiger partial charge on any atom is 0.135 e. The van der Waals surface area contributed by atoms with Crippen molar-refractivity contribution < 1.29 is 5.11 Å². The molecule has 3 rings (SSSR count). The number of halogens is 2. The van der Waals surface area contributed by atoms with Crippen molar-refractivity contribution in [3.63, 3.8) is 0 Å². The van der Waals surface area contributed by atoms with Gasteiger partial charge in [-0.1, -0.05) is 35.5 Å². The molecular formula is C17H20Cl2N2OS. The summed E-state index contributed by atoms with van der Waals surface area (Å²) >= 11 is 7.81. The van der Waals surface area contributed by atoms with E-state index >= 15 is 0 Å². The number of nitrogens with zero attached hydrogens (tertiary/aromatic N) is 2. The minimum absolute atomic E-state index is 0. The summed E-state index contributed by atoms with van der Waals surface area (Å²) < 4.78 is 0. The second-order valence-corrected chi connectivity index (χ2v) is 7.14. The van der Waals surface area contributed by atoms with Gasteiger partial charge in [0, 0.05) is 16.3 Å². The van der Waals surface area contributed by atoms with E-state index < -0.39 is 0 Å². The summed E-state index contributed by atoms with van der Waals surface area (Å²) in [4.78, 5) is 6.75. The zero-order valence-corrected chi connectivity index (χ0v) is 15.5. The Labute approximate surface area is 152 Å². The highest BCUT2D eigenvalue weighted by Crippen LogP contribution is 2.50. The highest BCUT2D eigenvalue weighted by Gasteiger charge is 2.24. The van der Waals surface area contributed by atoms with Crippen LogP contribution in [0.5, 0.6) is 5.75 Å². The summed E-state index contributed by atoms with van der Waals surface area (Å²) in [5.74, 6) is 0.139. The first kappa shape index (κ1) is 18.3. The molecule has 1 aliphatic rings. The summed E-state index contributed by atoms with van der Waals surface area (Å²) in [7, 11) is 4.17. The Morgan fingerprint density at radius 1 is 1.13 bits per heavy atom. The molecule has 0 saturated heterocycles. The number of benzene rings is 2. The van der Waals surface area contributed by atoms with Gasteiger partial charge in [-0.3, -0.25) is 0 Å². The molecule has 0 aromatic heterocycles. The molecule has 2 aromatic carbocycles. The smallest absolute Gasteiger partial charge is 0.135 e. The molecule has 124 valence electrons. The summed E-state index contributed by atoms with van der Waals surface area (Å²) in [5.41, 5.74) is 2.28. The first-order chi connectivity index (χ1) is 10.6. The van der Waals surface area contributed by atoms with Crippen LogP contribution in [0.15, 0.2) is 46.2 Å². The first-order valence-electron chi connectivity index (χ1n) is 7.28. The number of phenols is 1. The molecule has 0 atom stereocenters. The Balaban J connectivity index is 0.00000192. The van der Waals surface area contributed by atoms with E-state index in [0.29, 0.717) is 5.02 Å². The number of para-hydroxylation sites is 1. The van der Waals surface area contributed by atoms with Gasteiger partial charge in [0.05, 0.1) is 16.4 Å². The molecule has 0 amide bonds. The zero-order valence-electron chi connectivity index (χ0n) is 13.1. The molecule has 0 aliphatic carbocycles. The monoisotopic (exact) mass is 370 g/mol. The number of hydrogen-bond donors (Lipinski definition) is 1. The normalized spacial score (nSPS) is 12.6. The number of fused-ring (bicyclic) bond motifs is 2. The maximum absolute atomic E-state index is 9.89. The number of phenolic OH excluding ortho intramolecular Hbond substituents is 1. The predicted molar refractivity (Wildman–Crippen MR) is 101 cm³/mol. The van der Waals surface area contributed by atoms with Crippen molar-refractivity contribution in [2.45, 2.75) is 16.2 Å². The van der Waals surface area contributed by atoms with E-state index in [-0.39, 0.29) is 18.2 Å². The molecule has 1 aliphatic heterocycles. The Kier molecular flexibility index (Phi) is 6.09. The van der Waals surface area contributed by atoms with Crippen molar-refractivity contribution in [3.8, 4) is 5.75 Å². The Hall–Kier alpha value is -1.07. The van der Waals surface area contributed by atoms with Crippen LogP contribution in [0.2, 0.25) is 5.02 Å². The topological polar surface area (TPSA) is 26.7 Å². The lowest BCUT2D eigenvalue weighted by atomic mass is 10.2. The van der Waals surface area contributed by atoms with Crippen molar-refractivity contribution >= 4 is 47.1 Å². The van der Waals surface area contributed by atoms with Crippen LogP contribution < -0.4 is 4.90 Å². The van der Waals surface area contributed by atoms with Crippen molar-refractivity contribution in [2.24, 2.45) is 0 Å². The van der Waals surface area contributed by atoms with Crippen LogP contribution in [0.25, 0.3) is 0 Å². The van der Waals surface area contributed by atoms with Crippen LogP contribution in [-0.4, -0.2) is 37.2 Å². The highest BCUT2D eigenvalue weighted by molar-refractivity contribution is 7.99. The van der Waals surface area contributed by atoms with E-state index in [4.69, 9.17) is 11.6 Å². The Bertz CT molecular complexity index is 694. The van der Waals surface area contributed by atoms with Gasteiger partial charge < -0.3 is 14.9 Å². The highest BCUT2D eigenvalue weighted by atomic mass is 35.5. The van der Waals surface area contributed by atoms with Crippen LogP contribution in [0.3, 0.4) is 0 Å². The maximum atomic E-state index is 9.89. The van der Waals surface area contributed by atoms with Gasteiger partial charge >= 0.3 is 0 Å². The van der Waals surface area contributed by atoms with Gasteiger partial charge in [-0.15, -0.1) is 12.4 Å². The van der Waals surface area contributed by atoms with Gasteiger partial charge in [0.25, 0.3) is 0 Å². The Morgan fingerprint density at radius 3 is 2.61 bits per heavy atom. The number of anilines is 2. The first-order valence-corrected chi connectivity index (χ1v) is 8.47. The molecule has 6 heteroatoms. The molecule has 0 fully saturated rings. The largest absolute Gasteiger partial charge is 0.506 e. The molecule has 0 saturated carbocycles. The number of rotatable bonds is 4. The lowest BCUT2D eigenvalue weighted by molar-refractivity contribution is 0.402. The van der Waals surface area contributed by atoms with Gasteiger partial charge in [-0.25, -0.2) is 0 Å². The third-order valence-electron chi connectivity index (χ3n) is 3.68. The third kappa shape index (κ3) is 3.89. The molecule has 2 aromatic rings. The van der Waals surface area contributed by atoms with E-state index in [1.54, 1.807) is 17.8 Å². The molecule has 0 radical (unpaired) electrons. The molecule has 0 unspecified atom stereocenters. The molecule has 0 spiro atoms. The lowest BCUT2D eigenvalue weighted by Crippen LogP contribution is -2.25. The average molecular weight is 371 g/mol. The van der Waals surface area contributed by atoms with Gasteiger partial charge in [-0.05, 0) is 51.3 Å². The van der Waals surface area contributed by atoms with E-state index in [9.17, 15) is 5.11 Å². The summed E-state index contributed by atoms with van der Waals surface area (Å²) in [6.45, 7) is 1.96. The standard InChI is InChI=1S/C17H19ClN2OS.ClH/c1-19(2)8-5-9-20-13-6-3-4-7-16(13)22-17-11-15(21)12(18)10-14(17)20;/h3-4,6-7,10-11,21H,5,8-9H2,1-2H3;1H. The number of aromatic hydroxyl groups is 1. The predicted octanol–water partition coefficient (Wildman–Crippen LogP) is 5.02. The quantitative estimate of drug-likeness (QED) is 0.816. The van der Waals surface area contributed by atoms with Crippen LogP contribution in [0.1, 0.15) is 6.42 Å². The van der Waals surface area contributed by atoms with Gasteiger partial charge in [0.2, 0.25) is 0 Å². The van der Waals surface area contributed by atoms with Crippen molar-refractivity contribution in [2.75, 3.05) is 32.1 Å². The minimum Gasteiger partial charge on any atom is -0.506 e. The van der Waals surface area contributed by atoms with Crippen LogP contribution in [0, 0.1) is 0 Å². The second kappa shape index (κ2) is 7.67. The van der Waals surface area contributed by atoms with Gasteiger partial charge in [0.15, 0.2) is 0 Å². The number of hydrogen-bond acceptors (Lipinski definition) is 4. The lowest BCUT2D eigenvalue weighted by Gasteiger charge is -2.33. The fourth-order valence-corrected chi connectivity index (χ4v) is 3.89. The van der Waals surface area contributed by atoms with E-state index in [0.717, 1.165) is 30.1 Å². The summed E-state index contributed by atoms with van der Waals surface area (Å²) in [6.07, 6.45) is 1.06. The second-order valence-electron chi connectivity index (χ2n) is 5.65. The summed E-state index contributed by atoms with van der Waals surface area (Å²) in [5, 5.41) is 10.3. The van der Waals surface area contributed by atoms with Crippen molar-refractivity contribution in [1.29, 1.82) is 0 Å². The fraction of sp³-hybridized carbons (Fsp3) is 0.294. The van der Waals surface area contributed by atoms with Gasteiger partial charge in [0.1, 0.15) is 5.75 Å². The van der Waals surface area contributed by atoms with E-state index in [2.05, 4.69) is 42.1 Å². The SMILES string of the molecule is CN(C)CCCN1c2ccccc2Sc2cc(O)c(Cl)cc21.Cl. The van der Waals surface area contributed by atoms with Crippen LogP contribution in [0.4, 0.5) is 11.4 Å². The minimum atomic E-state index is 0.